The van der Waals surface area contributed by atoms with E-state index in [1.54, 1.807) is 0 Å². The topological polar surface area (TPSA) is 76.4 Å². The Morgan fingerprint density at radius 3 is 2.90 bits per heavy atom. The molecule has 1 aromatic heterocycles. The van der Waals surface area contributed by atoms with Gasteiger partial charge in [0.25, 0.3) is 0 Å². The Labute approximate surface area is 167 Å². The van der Waals surface area contributed by atoms with Gasteiger partial charge in [0.2, 0.25) is 0 Å². The van der Waals surface area contributed by atoms with Gasteiger partial charge in [-0.1, -0.05) is 12.1 Å². The van der Waals surface area contributed by atoms with Crippen LogP contribution in [0.4, 0.5) is 13.2 Å². The minimum atomic E-state index is -4.45. The highest BCUT2D eigenvalue weighted by molar-refractivity contribution is 5.80. The van der Waals surface area contributed by atoms with Crippen LogP contribution < -0.4 is 15.4 Å². The number of ether oxygens (including phenoxy) is 1. The van der Waals surface area contributed by atoms with E-state index in [9.17, 15) is 13.2 Å². The van der Waals surface area contributed by atoms with E-state index in [-0.39, 0.29) is 24.9 Å². The predicted molar refractivity (Wildman–Crippen MR) is 103 cm³/mol. The number of hydrogen-bond acceptors (Lipinski definition) is 4. The van der Waals surface area contributed by atoms with Crippen molar-refractivity contribution in [2.24, 2.45) is 4.99 Å². The summed E-state index contributed by atoms with van der Waals surface area (Å²) in [6.07, 6.45) is -2.72. The molecular weight excluding hydrogens is 385 g/mol. The summed E-state index contributed by atoms with van der Waals surface area (Å²) in [6, 6.07) is 5.33. The quantitative estimate of drug-likeness (QED) is 0.435. The number of halogens is 3. The highest BCUT2D eigenvalue weighted by Crippen LogP contribution is 2.35. The van der Waals surface area contributed by atoms with E-state index in [2.05, 4.69) is 25.7 Å². The van der Waals surface area contributed by atoms with E-state index in [0.717, 1.165) is 30.6 Å². The van der Waals surface area contributed by atoms with Gasteiger partial charge in [0.1, 0.15) is 24.0 Å². The fourth-order valence-electron chi connectivity index (χ4n) is 3.20. The Morgan fingerprint density at radius 1 is 1.34 bits per heavy atom. The number of guanidine groups is 1. The van der Waals surface area contributed by atoms with Crippen LogP contribution in [0.1, 0.15) is 30.6 Å². The van der Waals surface area contributed by atoms with Crippen molar-refractivity contribution >= 4 is 5.96 Å². The zero-order chi connectivity index (χ0) is 20.9. The lowest BCUT2D eigenvalue weighted by molar-refractivity contribution is -0.138. The minimum Gasteiger partial charge on any atom is -0.491 e. The third-order valence-electron chi connectivity index (χ3n) is 4.46. The number of benzene rings is 1. The molecule has 0 aliphatic carbocycles. The second-order valence-electron chi connectivity index (χ2n) is 6.74. The van der Waals surface area contributed by atoms with Crippen molar-refractivity contribution in [3.05, 3.63) is 41.5 Å². The van der Waals surface area contributed by atoms with Crippen LogP contribution in [0, 0.1) is 6.92 Å². The van der Waals surface area contributed by atoms with E-state index in [4.69, 9.17) is 4.74 Å². The lowest BCUT2D eigenvalue weighted by Crippen LogP contribution is -2.47. The van der Waals surface area contributed by atoms with Crippen LogP contribution in [0.2, 0.25) is 0 Å². The molecule has 7 nitrogen and oxygen atoms in total. The molecule has 1 aliphatic heterocycles. The molecule has 0 amide bonds. The Kier molecular flexibility index (Phi) is 6.60. The van der Waals surface area contributed by atoms with Crippen molar-refractivity contribution in [2.75, 3.05) is 19.7 Å². The average Bonchev–Trinajstić information content (AvgIpc) is 3.04. The minimum absolute atomic E-state index is 0.0424. The molecule has 2 aromatic rings. The van der Waals surface area contributed by atoms with Crippen molar-refractivity contribution in [3.63, 3.8) is 0 Å². The molecule has 0 saturated carbocycles. The van der Waals surface area contributed by atoms with Crippen molar-refractivity contribution in [1.82, 2.24) is 25.4 Å². The predicted octanol–water partition coefficient (Wildman–Crippen LogP) is 2.55. The molecule has 0 bridgehead atoms. The Hall–Kier alpha value is -2.78. The Morgan fingerprint density at radius 2 is 2.14 bits per heavy atom. The molecule has 0 fully saturated rings. The van der Waals surface area contributed by atoms with Crippen LogP contribution in [0.15, 0.2) is 29.3 Å². The molecule has 2 heterocycles. The number of nitrogens with one attached hydrogen (secondary N) is 2. The standard InChI is InChI=1S/C19H25F3N6O/c1-3-23-18(26-14-8-9-17-25-13(2)27-28(17)12-14)24-10-11-29-16-7-5-4-6-15(16)19(20,21)22/h4-7,14H,3,8-12H2,1-2H3,(H2,23,24,26). The summed E-state index contributed by atoms with van der Waals surface area (Å²) in [5.41, 5.74) is -0.782. The van der Waals surface area contributed by atoms with Gasteiger partial charge in [-0.3, -0.25) is 0 Å². The van der Waals surface area contributed by atoms with Crippen LogP contribution in [0.5, 0.6) is 5.75 Å². The zero-order valence-corrected chi connectivity index (χ0v) is 16.5. The summed E-state index contributed by atoms with van der Waals surface area (Å²) in [4.78, 5) is 8.82. The van der Waals surface area contributed by atoms with Gasteiger partial charge >= 0.3 is 6.18 Å². The lowest BCUT2D eigenvalue weighted by Gasteiger charge is -2.25. The normalized spacial score (nSPS) is 17.0. The SMILES string of the molecule is CCNC(=NCCOc1ccccc1C(F)(F)F)NC1CCc2nc(C)nn2C1. The molecular formula is C19H25F3N6O. The zero-order valence-electron chi connectivity index (χ0n) is 16.5. The first-order valence-corrected chi connectivity index (χ1v) is 9.61. The van der Waals surface area contributed by atoms with Gasteiger partial charge in [-0.05, 0) is 32.4 Å². The van der Waals surface area contributed by atoms with Crippen LogP contribution in [-0.4, -0.2) is 46.5 Å². The summed E-state index contributed by atoms with van der Waals surface area (Å²) >= 11 is 0. The fraction of sp³-hybridized carbons (Fsp3) is 0.526. The number of nitrogens with zero attached hydrogens (tertiary/aromatic N) is 4. The first-order chi connectivity index (χ1) is 13.9. The van der Waals surface area contributed by atoms with Gasteiger partial charge in [0.15, 0.2) is 5.96 Å². The maximum absolute atomic E-state index is 13.0. The summed E-state index contributed by atoms with van der Waals surface area (Å²) in [6.45, 7) is 5.45. The second-order valence-corrected chi connectivity index (χ2v) is 6.74. The van der Waals surface area contributed by atoms with Gasteiger partial charge < -0.3 is 15.4 Å². The highest BCUT2D eigenvalue weighted by atomic mass is 19.4. The number of para-hydroxylation sites is 1. The van der Waals surface area contributed by atoms with Crippen molar-refractivity contribution in [1.29, 1.82) is 0 Å². The largest absolute Gasteiger partial charge is 0.491 e. The van der Waals surface area contributed by atoms with Gasteiger partial charge in [-0.15, -0.1) is 0 Å². The maximum atomic E-state index is 13.0. The van der Waals surface area contributed by atoms with E-state index in [1.807, 2.05) is 18.5 Å². The summed E-state index contributed by atoms with van der Waals surface area (Å²) in [5, 5.41) is 10.9. The van der Waals surface area contributed by atoms with Crippen molar-refractivity contribution < 1.29 is 17.9 Å². The van der Waals surface area contributed by atoms with E-state index < -0.39 is 11.7 Å². The molecule has 0 saturated heterocycles. The number of fused-ring (bicyclic) bond motifs is 1. The van der Waals surface area contributed by atoms with Crippen LogP contribution in [-0.2, 0) is 19.1 Å². The van der Waals surface area contributed by atoms with E-state index in [0.29, 0.717) is 19.0 Å². The molecule has 1 atom stereocenters. The third-order valence-corrected chi connectivity index (χ3v) is 4.46. The molecule has 0 radical (unpaired) electrons. The van der Waals surface area contributed by atoms with Crippen molar-refractivity contribution in [2.45, 2.75) is 45.5 Å². The fourth-order valence-corrected chi connectivity index (χ4v) is 3.20. The molecule has 3 rings (SSSR count). The first kappa shape index (κ1) is 20.9. The lowest BCUT2D eigenvalue weighted by atomic mass is 10.1. The first-order valence-electron chi connectivity index (χ1n) is 9.61. The Balaban J connectivity index is 1.55. The molecule has 1 aliphatic rings. The molecule has 1 aromatic carbocycles. The molecule has 2 N–H and O–H groups in total. The highest BCUT2D eigenvalue weighted by Gasteiger charge is 2.33. The molecule has 1 unspecified atom stereocenters. The summed E-state index contributed by atoms with van der Waals surface area (Å²) in [7, 11) is 0. The van der Waals surface area contributed by atoms with Gasteiger partial charge in [0.05, 0.1) is 18.7 Å². The number of aryl methyl sites for hydroxylation is 2. The number of alkyl halides is 3. The number of rotatable bonds is 6. The van der Waals surface area contributed by atoms with E-state index >= 15 is 0 Å². The van der Waals surface area contributed by atoms with E-state index in [1.165, 1.54) is 18.2 Å². The van der Waals surface area contributed by atoms with Gasteiger partial charge in [-0.2, -0.15) is 18.3 Å². The summed E-state index contributed by atoms with van der Waals surface area (Å²) in [5.74, 6) is 2.16. The average molecular weight is 410 g/mol. The van der Waals surface area contributed by atoms with Gasteiger partial charge in [0, 0.05) is 19.0 Å². The van der Waals surface area contributed by atoms with Gasteiger partial charge in [-0.25, -0.2) is 14.7 Å². The molecule has 158 valence electrons. The number of aromatic nitrogens is 3. The van der Waals surface area contributed by atoms with Crippen molar-refractivity contribution in [3.8, 4) is 5.75 Å². The molecule has 10 heteroatoms. The smallest absolute Gasteiger partial charge is 0.419 e. The molecule has 29 heavy (non-hydrogen) atoms. The molecule has 0 spiro atoms. The monoisotopic (exact) mass is 410 g/mol. The number of hydrogen-bond donors (Lipinski definition) is 2. The second kappa shape index (κ2) is 9.15. The summed E-state index contributed by atoms with van der Waals surface area (Å²) < 4.78 is 46.3. The van der Waals surface area contributed by atoms with Crippen LogP contribution in [0.25, 0.3) is 0 Å². The third kappa shape index (κ3) is 5.61. The maximum Gasteiger partial charge on any atom is 0.419 e. The van der Waals surface area contributed by atoms with Crippen LogP contribution >= 0.6 is 0 Å². The number of aliphatic imine (C=N–C) groups is 1. The Bertz CT molecular complexity index is 849. The van der Waals surface area contributed by atoms with Crippen LogP contribution in [0.3, 0.4) is 0 Å².